The van der Waals surface area contributed by atoms with Gasteiger partial charge in [-0.2, -0.15) is 0 Å². The van der Waals surface area contributed by atoms with Crippen LogP contribution in [-0.2, 0) is 6.54 Å². The summed E-state index contributed by atoms with van der Waals surface area (Å²) >= 11 is 7.15. The van der Waals surface area contributed by atoms with Crippen molar-refractivity contribution in [3.05, 3.63) is 26.6 Å². The fourth-order valence-corrected chi connectivity index (χ4v) is 3.43. The standard InChI is InChI=1S/C13H17Br2NO/c1-16-7-10-5-11(14)13(12(15)6-10)17-8-9-3-2-4-9/h5-6,9,16H,2-4,7-8H2,1H3. The van der Waals surface area contributed by atoms with Gasteiger partial charge >= 0.3 is 0 Å². The molecule has 1 N–H and O–H groups in total. The first-order chi connectivity index (χ1) is 8.20. The molecule has 1 fully saturated rings. The summed E-state index contributed by atoms with van der Waals surface area (Å²) < 4.78 is 7.94. The molecule has 1 saturated carbocycles. The van der Waals surface area contributed by atoms with Gasteiger partial charge in [0.1, 0.15) is 5.75 Å². The topological polar surface area (TPSA) is 21.3 Å². The second-order valence-electron chi connectivity index (χ2n) is 4.53. The predicted molar refractivity (Wildman–Crippen MR) is 77.4 cm³/mol. The first kappa shape index (κ1) is 13.4. The van der Waals surface area contributed by atoms with Gasteiger partial charge in [0.05, 0.1) is 15.6 Å². The summed E-state index contributed by atoms with van der Waals surface area (Å²) in [5, 5.41) is 3.14. The molecule has 0 aliphatic heterocycles. The van der Waals surface area contributed by atoms with Crippen molar-refractivity contribution in [3.63, 3.8) is 0 Å². The lowest BCUT2D eigenvalue weighted by atomic mass is 9.86. The lowest BCUT2D eigenvalue weighted by molar-refractivity contribution is 0.179. The molecule has 0 unspecified atom stereocenters. The van der Waals surface area contributed by atoms with Gasteiger partial charge < -0.3 is 10.1 Å². The van der Waals surface area contributed by atoms with Gasteiger partial charge in [0.2, 0.25) is 0 Å². The maximum atomic E-state index is 5.89. The molecule has 0 radical (unpaired) electrons. The van der Waals surface area contributed by atoms with Gasteiger partial charge in [0.15, 0.2) is 0 Å². The molecular weight excluding hydrogens is 346 g/mol. The quantitative estimate of drug-likeness (QED) is 0.850. The zero-order valence-corrected chi connectivity index (χ0v) is 13.1. The molecule has 2 rings (SSSR count). The van der Waals surface area contributed by atoms with Crippen LogP contribution in [0.5, 0.6) is 5.75 Å². The second kappa shape index (κ2) is 6.21. The molecule has 0 amide bonds. The minimum atomic E-state index is 0.755. The Morgan fingerprint density at radius 2 is 1.94 bits per heavy atom. The average Bonchev–Trinajstić information content (AvgIpc) is 2.20. The van der Waals surface area contributed by atoms with Crippen LogP contribution in [0.4, 0.5) is 0 Å². The van der Waals surface area contributed by atoms with E-state index in [4.69, 9.17) is 4.74 Å². The average molecular weight is 363 g/mol. The third-order valence-corrected chi connectivity index (χ3v) is 4.31. The number of halogens is 2. The summed E-state index contributed by atoms with van der Waals surface area (Å²) in [7, 11) is 1.95. The summed E-state index contributed by atoms with van der Waals surface area (Å²) in [5.41, 5.74) is 1.24. The molecule has 4 heteroatoms. The lowest BCUT2D eigenvalue weighted by Crippen LogP contribution is -2.19. The van der Waals surface area contributed by atoms with Gasteiger partial charge in [0, 0.05) is 6.54 Å². The zero-order chi connectivity index (χ0) is 12.3. The van der Waals surface area contributed by atoms with Crippen molar-refractivity contribution in [3.8, 4) is 5.75 Å². The fraction of sp³-hybridized carbons (Fsp3) is 0.538. The van der Waals surface area contributed by atoms with E-state index in [-0.39, 0.29) is 0 Å². The molecule has 0 saturated heterocycles. The zero-order valence-electron chi connectivity index (χ0n) is 9.93. The van der Waals surface area contributed by atoms with Gasteiger partial charge in [0.25, 0.3) is 0 Å². The molecule has 1 aromatic rings. The van der Waals surface area contributed by atoms with Crippen LogP contribution in [0.15, 0.2) is 21.1 Å². The maximum Gasteiger partial charge on any atom is 0.147 e. The summed E-state index contributed by atoms with van der Waals surface area (Å²) in [6, 6.07) is 4.22. The SMILES string of the molecule is CNCc1cc(Br)c(OCC2CCC2)c(Br)c1. The third kappa shape index (κ3) is 3.46. The van der Waals surface area contributed by atoms with Gasteiger partial charge in [-0.3, -0.25) is 0 Å². The van der Waals surface area contributed by atoms with Crippen LogP contribution in [0.25, 0.3) is 0 Å². The Morgan fingerprint density at radius 1 is 1.29 bits per heavy atom. The molecule has 0 bridgehead atoms. The lowest BCUT2D eigenvalue weighted by Gasteiger charge is -2.25. The highest BCUT2D eigenvalue weighted by atomic mass is 79.9. The summed E-state index contributed by atoms with van der Waals surface area (Å²) in [5.74, 6) is 1.68. The van der Waals surface area contributed by atoms with Crippen molar-refractivity contribution in [2.24, 2.45) is 5.92 Å². The van der Waals surface area contributed by atoms with Crippen LogP contribution in [0.2, 0.25) is 0 Å². The number of nitrogens with one attached hydrogen (secondary N) is 1. The van der Waals surface area contributed by atoms with Crippen molar-refractivity contribution in [1.29, 1.82) is 0 Å². The molecule has 1 aliphatic carbocycles. The van der Waals surface area contributed by atoms with Crippen LogP contribution in [-0.4, -0.2) is 13.7 Å². The molecule has 1 aliphatic rings. The van der Waals surface area contributed by atoms with Crippen molar-refractivity contribution in [2.75, 3.05) is 13.7 Å². The first-order valence-electron chi connectivity index (χ1n) is 5.96. The monoisotopic (exact) mass is 361 g/mol. The van der Waals surface area contributed by atoms with Crippen molar-refractivity contribution < 1.29 is 4.74 Å². The van der Waals surface area contributed by atoms with Gasteiger partial charge in [-0.25, -0.2) is 0 Å². The summed E-state index contributed by atoms with van der Waals surface area (Å²) in [6.07, 6.45) is 3.98. The highest BCUT2D eigenvalue weighted by Gasteiger charge is 2.19. The largest absolute Gasteiger partial charge is 0.491 e. The predicted octanol–water partition coefficient (Wildman–Crippen LogP) is 4.11. The van der Waals surface area contributed by atoms with Crippen molar-refractivity contribution in [1.82, 2.24) is 5.32 Å². The van der Waals surface area contributed by atoms with E-state index in [9.17, 15) is 0 Å². The van der Waals surface area contributed by atoms with Gasteiger partial charge in [-0.1, -0.05) is 6.42 Å². The van der Waals surface area contributed by atoms with Crippen molar-refractivity contribution >= 4 is 31.9 Å². The highest BCUT2D eigenvalue weighted by molar-refractivity contribution is 9.11. The third-order valence-electron chi connectivity index (χ3n) is 3.13. The Bertz CT molecular complexity index is 368. The normalized spacial score (nSPS) is 15.7. The second-order valence-corrected chi connectivity index (χ2v) is 6.24. The van der Waals surface area contributed by atoms with Crippen LogP contribution in [0, 0.1) is 5.92 Å². The first-order valence-corrected chi connectivity index (χ1v) is 7.54. The Morgan fingerprint density at radius 3 is 2.41 bits per heavy atom. The Kier molecular flexibility index (Phi) is 4.88. The van der Waals surface area contributed by atoms with Crippen LogP contribution in [0.1, 0.15) is 24.8 Å². The van der Waals surface area contributed by atoms with E-state index in [1.54, 1.807) is 0 Å². The van der Waals surface area contributed by atoms with Crippen LogP contribution >= 0.6 is 31.9 Å². The Hall–Kier alpha value is -0.0600. The van der Waals surface area contributed by atoms with E-state index in [2.05, 4.69) is 49.3 Å². The number of hydrogen-bond acceptors (Lipinski definition) is 2. The van der Waals surface area contributed by atoms with Gasteiger partial charge in [-0.05, 0) is 75.4 Å². The fourth-order valence-electron chi connectivity index (χ4n) is 1.92. The minimum absolute atomic E-state index is 0.755. The molecular formula is C13H17Br2NO. The molecule has 1 aromatic carbocycles. The molecule has 2 nitrogen and oxygen atoms in total. The number of ether oxygens (including phenoxy) is 1. The molecule has 0 atom stereocenters. The van der Waals surface area contributed by atoms with E-state index in [1.165, 1.54) is 24.8 Å². The summed E-state index contributed by atoms with van der Waals surface area (Å²) in [6.45, 7) is 1.70. The molecule has 0 spiro atoms. The van der Waals surface area contributed by atoms with Crippen molar-refractivity contribution in [2.45, 2.75) is 25.8 Å². The molecule has 0 heterocycles. The smallest absolute Gasteiger partial charge is 0.147 e. The van der Waals surface area contributed by atoms with E-state index in [0.29, 0.717) is 0 Å². The Labute approximate surface area is 119 Å². The van der Waals surface area contributed by atoms with E-state index >= 15 is 0 Å². The number of benzene rings is 1. The summed E-state index contributed by atoms with van der Waals surface area (Å²) in [4.78, 5) is 0. The molecule has 0 aromatic heterocycles. The highest BCUT2D eigenvalue weighted by Crippen LogP contribution is 2.36. The van der Waals surface area contributed by atoms with Crippen LogP contribution < -0.4 is 10.1 Å². The Balaban J connectivity index is 2.04. The molecule has 17 heavy (non-hydrogen) atoms. The minimum Gasteiger partial charge on any atom is -0.491 e. The van der Waals surface area contributed by atoms with Crippen LogP contribution in [0.3, 0.4) is 0 Å². The van der Waals surface area contributed by atoms with E-state index in [1.807, 2.05) is 7.05 Å². The molecule has 94 valence electrons. The maximum absolute atomic E-state index is 5.89. The van der Waals surface area contributed by atoms with E-state index < -0.39 is 0 Å². The van der Waals surface area contributed by atoms with Gasteiger partial charge in [-0.15, -0.1) is 0 Å². The number of hydrogen-bond donors (Lipinski definition) is 1. The number of rotatable bonds is 5. The van der Waals surface area contributed by atoms with E-state index in [0.717, 1.165) is 33.8 Å².